The Morgan fingerprint density at radius 2 is 1.80 bits per heavy atom. The molecule has 0 saturated carbocycles. The van der Waals surface area contributed by atoms with E-state index in [0.29, 0.717) is 11.4 Å². The van der Waals surface area contributed by atoms with Crippen molar-refractivity contribution in [2.24, 2.45) is 0 Å². The van der Waals surface area contributed by atoms with Crippen LogP contribution in [0.4, 0.5) is 11.5 Å². The number of carbonyl (C=O) groups is 1. The van der Waals surface area contributed by atoms with Gasteiger partial charge in [-0.3, -0.25) is 4.40 Å². The lowest BCUT2D eigenvalue weighted by atomic mass is 10.1. The summed E-state index contributed by atoms with van der Waals surface area (Å²) in [5, 5.41) is 6.31. The van der Waals surface area contributed by atoms with Gasteiger partial charge >= 0.3 is 5.97 Å². The van der Waals surface area contributed by atoms with Gasteiger partial charge in [-0.05, 0) is 42.0 Å². The molecule has 0 amide bonds. The third kappa shape index (κ3) is 4.37. The van der Waals surface area contributed by atoms with E-state index in [2.05, 4.69) is 5.32 Å². The lowest BCUT2D eigenvalue weighted by molar-refractivity contribution is 0.0473. The molecule has 0 radical (unpaired) electrons. The Bertz CT molecular complexity index is 1630. The molecule has 6 rings (SSSR count). The molecule has 0 aliphatic heterocycles. The van der Waals surface area contributed by atoms with Gasteiger partial charge in [0.15, 0.2) is 4.96 Å². The largest absolute Gasteiger partial charge is 0.457 e. The highest BCUT2D eigenvalue weighted by molar-refractivity contribution is 7.15. The number of carbonyl (C=O) groups excluding carboxylic acids is 1. The molecule has 0 bridgehead atoms. The number of benzene rings is 3. The van der Waals surface area contributed by atoms with E-state index in [1.807, 2.05) is 101 Å². The zero-order chi connectivity index (χ0) is 23.6. The summed E-state index contributed by atoms with van der Waals surface area (Å²) in [5.41, 5.74) is 5.07. The van der Waals surface area contributed by atoms with Gasteiger partial charge in [-0.25, -0.2) is 14.8 Å². The van der Waals surface area contributed by atoms with E-state index in [-0.39, 0.29) is 12.6 Å². The molecule has 0 atom stereocenters. The number of imidazole rings is 1. The van der Waals surface area contributed by atoms with E-state index >= 15 is 0 Å². The standard InChI is InChI=1S/C28H20N4O2S/c33-27(34-18-19-6-2-1-3-7-19)21-10-12-23-20(16-21)11-13-26(29-23)30-24-9-5-4-8-22(24)25-17-32-14-15-35-28(32)31-25/h1-17H,18H2,(H,29,30). The van der Waals surface area contributed by atoms with Crippen LogP contribution in [0.5, 0.6) is 0 Å². The van der Waals surface area contributed by atoms with Crippen LogP contribution in [0.1, 0.15) is 15.9 Å². The number of ether oxygens (including phenoxy) is 1. The zero-order valence-corrected chi connectivity index (χ0v) is 19.4. The number of esters is 1. The highest BCUT2D eigenvalue weighted by Crippen LogP contribution is 2.30. The predicted octanol–water partition coefficient (Wildman–Crippen LogP) is 6.71. The molecule has 170 valence electrons. The first kappa shape index (κ1) is 21.1. The number of nitrogens with zero attached hydrogens (tertiary/aromatic N) is 3. The third-order valence-corrected chi connectivity index (χ3v) is 6.47. The van der Waals surface area contributed by atoms with Gasteiger partial charge in [0.1, 0.15) is 12.4 Å². The number of fused-ring (bicyclic) bond motifs is 2. The second kappa shape index (κ2) is 9.04. The Hall–Kier alpha value is -4.49. The number of rotatable bonds is 6. The summed E-state index contributed by atoms with van der Waals surface area (Å²) in [4.78, 5) is 23.0. The van der Waals surface area contributed by atoms with Crippen molar-refractivity contribution in [1.29, 1.82) is 0 Å². The van der Waals surface area contributed by atoms with Crippen molar-refractivity contribution in [2.45, 2.75) is 6.61 Å². The Kier molecular flexibility index (Phi) is 5.44. The molecule has 3 aromatic heterocycles. The summed E-state index contributed by atoms with van der Waals surface area (Å²) in [6.45, 7) is 0.243. The van der Waals surface area contributed by atoms with Crippen LogP contribution in [0.15, 0.2) is 103 Å². The molecule has 0 spiro atoms. The average molecular weight is 477 g/mol. The molecule has 0 fully saturated rings. The highest BCUT2D eigenvalue weighted by Gasteiger charge is 2.12. The van der Waals surface area contributed by atoms with Crippen LogP contribution < -0.4 is 5.32 Å². The fourth-order valence-corrected chi connectivity index (χ4v) is 4.64. The van der Waals surface area contributed by atoms with Gasteiger partial charge in [0.25, 0.3) is 0 Å². The lowest BCUT2D eigenvalue weighted by Gasteiger charge is -2.11. The molecule has 3 heterocycles. The van der Waals surface area contributed by atoms with Crippen molar-refractivity contribution < 1.29 is 9.53 Å². The SMILES string of the molecule is O=C(OCc1ccccc1)c1ccc2nc(Nc3ccccc3-c3cn4ccsc4n3)ccc2c1. The van der Waals surface area contributed by atoms with Gasteiger partial charge in [0.05, 0.1) is 16.8 Å². The molecular formula is C28H20N4O2S. The van der Waals surface area contributed by atoms with Crippen LogP contribution in [0.2, 0.25) is 0 Å². The van der Waals surface area contributed by atoms with E-state index in [1.165, 1.54) is 0 Å². The topological polar surface area (TPSA) is 68.5 Å². The summed E-state index contributed by atoms with van der Waals surface area (Å²) in [7, 11) is 0. The second-order valence-corrected chi connectivity index (χ2v) is 8.93. The maximum Gasteiger partial charge on any atom is 0.338 e. The minimum Gasteiger partial charge on any atom is -0.457 e. The second-order valence-electron chi connectivity index (χ2n) is 8.06. The van der Waals surface area contributed by atoms with Gasteiger partial charge in [0, 0.05) is 34.4 Å². The maximum atomic E-state index is 12.5. The number of aromatic nitrogens is 3. The van der Waals surface area contributed by atoms with Crippen LogP contribution in [0.3, 0.4) is 0 Å². The lowest BCUT2D eigenvalue weighted by Crippen LogP contribution is -2.05. The van der Waals surface area contributed by atoms with Gasteiger partial charge in [-0.2, -0.15) is 0 Å². The minimum absolute atomic E-state index is 0.243. The first-order chi connectivity index (χ1) is 17.2. The Morgan fingerprint density at radius 1 is 0.943 bits per heavy atom. The molecule has 0 aliphatic carbocycles. The molecule has 7 heteroatoms. The first-order valence-corrected chi connectivity index (χ1v) is 12.0. The first-order valence-electron chi connectivity index (χ1n) is 11.1. The summed E-state index contributed by atoms with van der Waals surface area (Å²) in [6.07, 6.45) is 4.03. The van der Waals surface area contributed by atoms with Gasteiger partial charge in [-0.15, -0.1) is 11.3 Å². The highest BCUT2D eigenvalue weighted by atomic mass is 32.1. The quantitative estimate of drug-likeness (QED) is 0.271. The fourth-order valence-electron chi connectivity index (χ4n) is 3.94. The van der Waals surface area contributed by atoms with E-state index in [0.717, 1.165) is 38.4 Å². The number of hydrogen-bond acceptors (Lipinski definition) is 6. The molecule has 35 heavy (non-hydrogen) atoms. The third-order valence-electron chi connectivity index (χ3n) is 5.70. The van der Waals surface area contributed by atoms with Gasteiger partial charge in [-0.1, -0.05) is 48.5 Å². The molecule has 6 aromatic rings. The number of anilines is 2. The smallest absolute Gasteiger partial charge is 0.338 e. The summed E-state index contributed by atoms with van der Waals surface area (Å²) < 4.78 is 7.48. The number of para-hydroxylation sites is 1. The van der Waals surface area contributed by atoms with Crippen molar-refractivity contribution in [3.8, 4) is 11.3 Å². The van der Waals surface area contributed by atoms with E-state index < -0.39 is 0 Å². The number of pyridine rings is 1. The Labute approximate surface area is 205 Å². The zero-order valence-electron chi connectivity index (χ0n) is 18.6. The number of thiazole rings is 1. The van der Waals surface area contributed by atoms with Crippen molar-refractivity contribution in [1.82, 2.24) is 14.4 Å². The van der Waals surface area contributed by atoms with E-state index in [1.54, 1.807) is 17.4 Å². The summed E-state index contributed by atoms with van der Waals surface area (Å²) in [5.74, 6) is 0.359. The van der Waals surface area contributed by atoms with E-state index in [4.69, 9.17) is 14.7 Å². The van der Waals surface area contributed by atoms with Crippen molar-refractivity contribution in [2.75, 3.05) is 5.32 Å². The maximum absolute atomic E-state index is 12.5. The number of nitrogens with one attached hydrogen (secondary N) is 1. The monoisotopic (exact) mass is 476 g/mol. The summed E-state index contributed by atoms with van der Waals surface area (Å²) >= 11 is 1.61. The van der Waals surface area contributed by atoms with Crippen LogP contribution in [0, 0.1) is 0 Å². The van der Waals surface area contributed by atoms with Gasteiger partial charge < -0.3 is 10.1 Å². The van der Waals surface area contributed by atoms with Crippen LogP contribution in [-0.2, 0) is 11.3 Å². The fraction of sp³-hybridized carbons (Fsp3) is 0.0357. The molecule has 6 nitrogen and oxygen atoms in total. The average Bonchev–Trinajstić information content (AvgIpc) is 3.51. The normalized spacial score (nSPS) is 11.1. The van der Waals surface area contributed by atoms with Crippen LogP contribution >= 0.6 is 11.3 Å². The molecule has 0 aliphatic rings. The van der Waals surface area contributed by atoms with Crippen molar-refractivity contribution in [3.05, 3.63) is 114 Å². The molecule has 3 aromatic carbocycles. The van der Waals surface area contributed by atoms with Crippen LogP contribution in [-0.4, -0.2) is 20.3 Å². The van der Waals surface area contributed by atoms with Crippen molar-refractivity contribution in [3.63, 3.8) is 0 Å². The molecule has 0 unspecified atom stereocenters. The number of hydrogen-bond donors (Lipinski definition) is 1. The molecule has 0 saturated heterocycles. The van der Waals surface area contributed by atoms with Gasteiger partial charge in [0.2, 0.25) is 0 Å². The molecule has 1 N–H and O–H groups in total. The Morgan fingerprint density at radius 3 is 2.69 bits per heavy atom. The minimum atomic E-state index is -0.355. The predicted molar refractivity (Wildman–Crippen MR) is 139 cm³/mol. The molecular weight excluding hydrogens is 456 g/mol. The van der Waals surface area contributed by atoms with Crippen molar-refractivity contribution >= 4 is 44.7 Å². The Balaban J connectivity index is 1.22. The van der Waals surface area contributed by atoms with E-state index in [9.17, 15) is 4.79 Å². The summed E-state index contributed by atoms with van der Waals surface area (Å²) in [6, 6.07) is 26.9. The van der Waals surface area contributed by atoms with Crippen LogP contribution in [0.25, 0.3) is 27.1 Å².